The third kappa shape index (κ3) is 2.52. The molecule has 130 valence electrons. The Morgan fingerprint density at radius 1 is 1.08 bits per heavy atom. The van der Waals surface area contributed by atoms with Crippen LogP contribution in [0.4, 0.5) is 0 Å². The number of rotatable bonds is 1. The number of fused-ring (bicyclic) bond motifs is 3. The highest BCUT2D eigenvalue weighted by Crippen LogP contribution is 2.45. The van der Waals surface area contributed by atoms with Crippen molar-refractivity contribution in [1.82, 2.24) is 4.90 Å². The Bertz CT molecular complexity index is 967. The maximum Gasteiger partial charge on any atom is 0.235 e. The summed E-state index contributed by atoms with van der Waals surface area (Å²) in [4.78, 5) is 16.8. The lowest BCUT2D eigenvalue weighted by molar-refractivity contribution is -0.132. The molecule has 3 nitrogen and oxygen atoms in total. The van der Waals surface area contributed by atoms with Crippen LogP contribution in [0.25, 0.3) is 0 Å². The molecule has 5 heteroatoms. The number of hydrogen-bond donors (Lipinski definition) is 0. The van der Waals surface area contributed by atoms with E-state index in [4.69, 9.17) is 16.3 Å². The van der Waals surface area contributed by atoms with E-state index in [2.05, 4.69) is 0 Å². The fourth-order valence-corrected chi connectivity index (χ4v) is 5.14. The van der Waals surface area contributed by atoms with Gasteiger partial charge in [-0.15, -0.1) is 11.3 Å². The van der Waals surface area contributed by atoms with Crippen LogP contribution in [0.2, 0.25) is 4.34 Å². The first-order valence-electron chi connectivity index (χ1n) is 8.62. The fourth-order valence-electron chi connectivity index (χ4n) is 3.84. The zero-order chi connectivity index (χ0) is 17.7. The molecule has 2 aliphatic rings. The van der Waals surface area contributed by atoms with Gasteiger partial charge in [0, 0.05) is 29.1 Å². The Balaban J connectivity index is 1.55. The van der Waals surface area contributed by atoms with Crippen LogP contribution in [0.5, 0.6) is 11.5 Å². The number of hydrogen-bond acceptors (Lipinski definition) is 3. The van der Waals surface area contributed by atoms with Crippen molar-refractivity contribution in [2.24, 2.45) is 0 Å². The van der Waals surface area contributed by atoms with Gasteiger partial charge < -0.3 is 9.64 Å². The largest absolute Gasteiger partial charge is 0.457 e. The van der Waals surface area contributed by atoms with E-state index in [0.29, 0.717) is 6.54 Å². The third-order valence-electron chi connectivity index (χ3n) is 5.08. The zero-order valence-electron chi connectivity index (χ0n) is 13.9. The summed E-state index contributed by atoms with van der Waals surface area (Å²) >= 11 is 7.78. The fraction of sp³-hybridized carbons (Fsp3) is 0.190. The Morgan fingerprint density at radius 2 is 1.73 bits per heavy atom. The van der Waals surface area contributed by atoms with E-state index in [9.17, 15) is 4.79 Å². The second-order valence-corrected chi connectivity index (χ2v) is 8.39. The van der Waals surface area contributed by atoms with Gasteiger partial charge in [-0.25, -0.2) is 0 Å². The van der Waals surface area contributed by atoms with Crippen LogP contribution >= 0.6 is 22.9 Å². The first kappa shape index (κ1) is 15.9. The first-order valence-corrected chi connectivity index (χ1v) is 9.82. The highest BCUT2D eigenvalue weighted by atomic mass is 35.5. The molecule has 0 saturated carbocycles. The molecule has 0 atom stereocenters. The average molecular weight is 382 g/mol. The SMILES string of the molecule is O=C(C1c2ccccc2Oc2ccccc21)N1CCc2sc(Cl)cc2C1. The van der Waals surface area contributed by atoms with Crippen LogP contribution in [-0.4, -0.2) is 17.4 Å². The topological polar surface area (TPSA) is 29.5 Å². The number of carbonyl (C=O) groups is 1. The second-order valence-electron chi connectivity index (χ2n) is 6.62. The van der Waals surface area contributed by atoms with Crippen LogP contribution in [0.3, 0.4) is 0 Å². The minimum absolute atomic E-state index is 0.126. The molecule has 3 heterocycles. The van der Waals surface area contributed by atoms with Crippen LogP contribution < -0.4 is 4.74 Å². The molecule has 2 aliphatic heterocycles. The highest BCUT2D eigenvalue weighted by molar-refractivity contribution is 7.16. The van der Waals surface area contributed by atoms with E-state index in [1.807, 2.05) is 59.5 Å². The Kier molecular flexibility index (Phi) is 3.76. The first-order chi connectivity index (χ1) is 12.7. The van der Waals surface area contributed by atoms with E-state index in [0.717, 1.165) is 39.9 Å². The quantitative estimate of drug-likeness (QED) is 0.578. The maximum atomic E-state index is 13.5. The predicted molar refractivity (Wildman–Crippen MR) is 103 cm³/mol. The van der Waals surface area contributed by atoms with Crippen molar-refractivity contribution in [1.29, 1.82) is 0 Å². The Morgan fingerprint density at radius 3 is 2.42 bits per heavy atom. The summed E-state index contributed by atoms with van der Waals surface area (Å²) in [6.07, 6.45) is 0.866. The van der Waals surface area contributed by atoms with Gasteiger partial charge in [0.15, 0.2) is 0 Å². The maximum absolute atomic E-state index is 13.5. The molecule has 0 N–H and O–H groups in total. The van der Waals surface area contributed by atoms with E-state index in [1.165, 1.54) is 10.4 Å². The van der Waals surface area contributed by atoms with Crippen LogP contribution in [0.15, 0.2) is 54.6 Å². The molecular weight excluding hydrogens is 366 g/mol. The molecule has 1 amide bonds. The summed E-state index contributed by atoms with van der Waals surface area (Å²) in [5, 5.41) is 0. The minimum Gasteiger partial charge on any atom is -0.457 e. The number of para-hydroxylation sites is 2. The molecule has 26 heavy (non-hydrogen) atoms. The van der Waals surface area contributed by atoms with Gasteiger partial charge in [-0.3, -0.25) is 4.79 Å². The van der Waals surface area contributed by atoms with Crippen molar-refractivity contribution in [2.45, 2.75) is 18.9 Å². The highest BCUT2D eigenvalue weighted by Gasteiger charge is 2.36. The molecule has 0 bridgehead atoms. The molecular formula is C21H16ClNO2S. The number of halogens is 1. The lowest BCUT2D eigenvalue weighted by Gasteiger charge is -2.34. The summed E-state index contributed by atoms with van der Waals surface area (Å²) in [6.45, 7) is 1.35. The van der Waals surface area contributed by atoms with Crippen molar-refractivity contribution in [3.8, 4) is 11.5 Å². The van der Waals surface area contributed by atoms with Crippen molar-refractivity contribution in [2.75, 3.05) is 6.54 Å². The Labute approximate surface area is 160 Å². The van der Waals surface area contributed by atoms with Crippen molar-refractivity contribution < 1.29 is 9.53 Å². The summed E-state index contributed by atoms with van der Waals surface area (Å²) in [5.74, 6) is 1.33. The van der Waals surface area contributed by atoms with Gasteiger partial charge in [0.25, 0.3) is 0 Å². The van der Waals surface area contributed by atoms with Gasteiger partial charge in [-0.05, 0) is 30.2 Å². The van der Waals surface area contributed by atoms with E-state index >= 15 is 0 Å². The lowest BCUT2D eigenvalue weighted by Crippen LogP contribution is -2.39. The van der Waals surface area contributed by atoms with Gasteiger partial charge >= 0.3 is 0 Å². The molecule has 1 aromatic heterocycles. The number of nitrogens with zero attached hydrogens (tertiary/aromatic N) is 1. The smallest absolute Gasteiger partial charge is 0.235 e. The normalized spacial score (nSPS) is 15.7. The number of amides is 1. The van der Waals surface area contributed by atoms with Gasteiger partial charge in [0.1, 0.15) is 11.5 Å². The van der Waals surface area contributed by atoms with Crippen LogP contribution in [0.1, 0.15) is 27.5 Å². The van der Waals surface area contributed by atoms with E-state index in [1.54, 1.807) is 11.3 Å². The monoisotopic (exact) mass is 381 g/mol. The number of ether oxygens (including phenoxy) is 1. The van der Waals surface area contributed by atoms with Gasteiger partial charge in [0.05, 0.1) is 10.3 Å². The summed E-state index contributed by atoms with van der Waals surface area (Å²) in [5.41, 5.74) is 3.05. The van der Waals surface area contributed by atoms with Crippen molar-refractivity contribution >= 4 is 28.8 Å². The molecule has 3 aromatic rings. The predicted octanol–water partition coefficient (Wildman–Crippen LogP) is 5.22. The molecule has 0 aliphatic carbocycles. The molecule has 0 fully saturated rings. The molecule has 0 spiro atoms. The molecule has 2 aromatic carbocycles. The van der Waals surface area contributed by atoms with Gasteiger partial charge in [-0.1, -0.05) is 48.0 Å². The molecule has 5 rings (SSSR count). The lowest BCUT2D eigenvalue weighted by atomic mass is 9.86. The number of carbonyl (C=O) groups excluding carboxylic acids is 1. The summed E-state index contributed by atoms with van der Waals surface area (Å²) < 4.78 is 6.82. The third-order valence-corrected chi connectivity index (χ3v) is 6.44. The van der Waals surface area contributed by atoms with Crippen LogP contribution in [-0.2, 0) is 17.8 Å². The van der Waals surface area contributed by atoms with E-state index in [-0.39, 0.29) is 11.8 Å². The second kappa shape index (κ2) is 6.15. The standard InChI is InChI=1S/C21H16ClNO2S/c22-19-11-13-12-23(10-9-18(13)26-19)21(24)20-14-5-1-3-7-16(14)25-17-8-4-2-6-15(17)20/h1-8,11,20H,9-10,12H2. The number of benzene rings is 2. The average Bonchev–Trinajstić information content (AvgIpc) is 3.04. The van der Waals surface area contributed by atoms with Gasteiger partial charge in [0.2, 0.25) is 5.91 Å². The van der Waals surface area contributed by atoms with E-state index < -0.39 is 0 Å². The summed E-state index contributed by atoms with van der Waals surface area (Å²) in [6, 6.07) is 17.6. The van der Waals surface area contributed by atoms with Crippen LogP contribution in [0, 0.1) is 0 Å². The molecule has 0 unspecified atom stereocenters. The van der Waals surface area contributed by atoms with Crippen molar-refractivity contribution in [3.63, 3.8) is 0 Å². The van der Waals surface area contributed by atoms with Crippen molar-refractivity contribution in [3.05, 3.63) is 80.5 Å². The zero-order valence-corrected chi connectivity index (χ0v) is 15.5. The molecule has 0 radical (unpaired) electrons. The minimum atomic E-state index is -0.327. The van der Waals surface area contributed by atoms with Gasteiger partial charge in [-0.2, -0.15) is 0 Å². The molecule has 0 saturated heterocycles. The summed E-state index contributed by atoms with van der Waals surface area (Å²) in [7, 11) is 0. The number of thiophene rings is 1. The Hall–Kier alpha value is -2.30.